The zero-order valence-electron chi connectivity index (χ0n) is 8.16. The molecule has 72 valence electrons. The van der Waals surface area contributed by atoms with Crippen LogP contribution >= 0.6 is 0 Å². The zero-order chi connectivity index (χ0) is 10.1. The van der Waals surface area contributed by atoms with Gasteiger partial charge in [0.25, 0.3) is 0 Å². The maximum absolute atomic E-state index is 11.6. The van der Waals surface area contributed by atoms with E-state index >= 15 is 0 Å². The van der Waals surface area contributed by atoms with E-state index in [0.29, 0.717) is 5.69 Å². The molecule has 0 fully saturated rings. The topological polar surface area (TPSA) is 50.7 Å². The largest absolute Gasteiger partial charge is 0.618 e. The first kappa shape index (κ1) is 9.01. The molecule has 2 rings (SSSR count). The molecule has 1 unspecified atom stereocenters. The molecule has 3 nitrogen and oxygen atoms in total. The summed E-state index contributed by atoms with van der Waals surface area (Å²) in [7, 11) is 0. The number of pyridine rings is 1. The second kappa shape index (κ2) is 3.30. The average Bonchev–Trinajstić information content (AvgIpc) is 2.16. The Bertz CT molecular complexity index is 406. The summed E-state index contributed by atoms with van der Waals surface area (Å²) in [6.07, 6.45) is 4.30. The monoisotopic (exact) mass is 188 g/mol. The van der Waals surface area contributed by atoms with Crippen LogP contribution in [0.2, 0.25) is 0 Å². The number of aromatic nitrogens is 1. The summed E-state index contributed by atoms with van der Waals surface area (Å²) in [4.78, 5) is 0. The van der Waals surface area contributed by atoms with Gasteiger partial charge in [0.1, 0.15) is 5.92 Å². The molecule has 3 heteroatoms. The Morgan fingerprint density at radius 3 is 3.14 bits per heavy atom. The molecule has 1 aromatic heterocycles. The summed E-state index contributed by atoms with van der Waals surface area (Å²) >= 11 is 0. The van der Waals surface area contributed by atoms with Crippen LogP contribution in [0.3, 0.4) is 0 Å². The Morgan fingerprint density at radius 2 is 2.43 bits per heavy atom. The predicted molar refractivity (Wildman–Crippen MR) is 51.4 cm³/mol. The Labute approximate surface area is 83.2 Å². The van der Waals surface area contributed by atoms with E-state index in [4.69, 9.17) is 5.26 Å². The molecule has 1 aromatic rings. The molecule has 1 heterocycles. The fraction of sp³-hybridized carbons (Fsp3) is 0.455. The minimum absolute atomic E-state index is 0.211. The van der Waals surface area contributed by atoms with E-state index in [-0.39, 0.29) is 5.92 Å². The van der Waals surface area contributed by atoms with E-state index in [9.17, 15) is 5.21 Å². The van der Waals surface area contributed by atoms with Gasteiger partial charge < -0.3 is 5.21 Å². The van der Waals surface area contributed by atoms with Crippen LogP contribution in [0.15, 0.2) is 12.3 Å². The van der Waals surface area contributed by atoms with Crippen LogP contribution in [0.1, 0.15) is 35.6 Å². The van der Waals surface area contributed by atoms with Crippen LogP contribution in [-0.4, -0.2) is 0 Å². The van der Waals surface area contributed by atoms with Crippen molar-refractivity contribution in [2.45, 2.75) is 32.1 Å². The molecule has 1 atom stereocenters. The molecule has 1 aliphatic carbocycles. The maximum atomic E-state index is 11.6. The van der Waals surface area contributed by atoms with E-state index < -0.39 is 0 Å². The van der Waals surface area contributed by atoms with Crippen LogP contribution in [-0.2, 0) is 6.42 Å². The summed E-state index contributed by atoms with van der Waals surface area (Å²) in [5.74, 6) is -0.211. The van der Waals surface area contributed by atoms with Gasteiger partial charge in [0.2, 0.25) is 5.69 Å². The Hall–Kier alpha value is -1.56. The van der Waals surface area contributed by atoms with Crippen LogP contribution in [0.5, 0.6) is 0 Å². The second-order valence-corrected chi connectivity index (χ2v) is 3.83. The molecule has 0 aliphatic heterocycles. The quantitative estimate of drug-likeness (QED) is 0.458. The minimum Gasteiger partial charge on any atom is -0.618 e. The van der Waals surface area contributed by atoms with Gasteiger partial charge in [-0.25, -0.2) is 0 Å². The molecule has 0 radical (unpaired) electrons. The molecule has 0 amide bonds. The zero-order valence-corrected chi connectivity index (χ0v) is 8.16. The lowest BCUT2D eigenvalue weighted by Gasteiger charge is -2.19. The van der Waals surface area contributed by atoms with Crippen molar-refractivity contribution in [3.8, 4) is 6.07 Å². The average molecular weight is 188 g/mol. The van der Waals surface area contributed by atoms with Crippen LogP contribution in [0.25, 0.3) is 0 Å². The number of hydrogen-bond donors (Lipinski definition) is 0. The molecule has 0 spiro atoms. The molecular formula is C11H12N2O. The Kier molecular flexibility index (Phi) is 2.12. The number of fused-ring (bicyclic) bond motifs is 1. The third-order valence-corrected chi connectivity index (χ3v) is 2.71. The highest BCUT2D eigenvalue weighted by atomic mass is 16.5. The number of nitriles is 1. The first-order valence-corrected chi connectivity index (χ1v) is 4.84. The van der Waals surface area contributed by atoms with Gasteiger partial charge >= 0.3 is 0 Å². The second-order valence-electron chi connectivity index (χ2n) is 3.83. The van der Waals surface area contributed by atoms with Gasteiger partial charge in [-0.1, -0.05) is 0 Å². The third kappa shape index (κ3) is 1.33. The highest BCUT2D eigenvalue weighted by molar-refractivity contribution is 5.29. The van der Waals surface area contributed by atoms with Crippen LogP contribution < -0.4 is 4.73 Å². The van der Waals surface area contributed by atoms with Crippen molar-refractivity contribution in [2.24, 2.45) is 0 Å². The van der Waals surface area contributed by atoms with E-state index in [1.165, 1.54) is 0 Å². The summed E-state index contributed by atoms with van der Waals surface area (Å²) in [6.45, 7) is 1.91. The van der Waals surface area contributed by atoms with Crippen molar-refractivity contribution in [2.75, 3.05) is 0 Å². The molecular weight excluding hydrogens is 176 g/mol. The molecule has 1 aliphatic rings. The summed E-state index contributed by atoms with van der Waals surface area (Å²) < 4.78 is 0.873. The van der Waals surface area contributed by atoms with Crippen molar-refractivity contribution in [1.29, 1.82) is 5.26 Å². The lowest BCUT2D eigenvalue weighted by atomic mass is 9.87. The van der Waals surface area contributed by atoms with Gasteiger partial charge in [0.05, 0.1) is 6.07 Å². The van der Waals surface area contributed by atoms with Gasteiger partial charge in [-0.3, -0.25) is 0 Å². The van der Waals surface area contributed by atoms with Crippen molar-refractivity contribution in [3.63, 3.8) is 0 Å². The first-order valence-electron chi connectivity index (χ1n) is 4.84. The normalized spacial score (nSPS) is 19.9. The lowest BCUT2D eigenvalue weighted by molar-refractivity contribution is -0.616. The molecule has 14 heavy (non-hydrogen) atoms. The van der Waals surface area contributed by atoms with Crippen molar-refractivity contribution < 1.29 is 4.73 Å². The minimum atomic E-state index is -0.211. The van der Waals surface area contributed by atoms with Gasteiger partial charge in [-0.2, -0.15) is 9.99 Å². The molecule has 0 N–H and O–H groups in total. The fourth-order valence-electron chi connectivity index (χ4n) is 2.12. The molecule has 0 bridgehead atoms. The highest BCUT2D eigenvalue weighted by Crippen LogP contribution is 2.28. The number of hydrogen-bond acceptors (Lipinski definition) is 2. The number of nitrogens with zero attached hydrogens (tertiary/aromatic N) is 2. The van der Waals surface area contributed by atoms with E-state index in [2.05, 4.69) is 6.07 Å². The SMILES string of the molecule is Cc1cc2c([n+]([O-])c1)C(C#N)CCC2. The van der Waals surface area contributed by atoms with Crippen molar-refractivity contribution >= 4 is 0 Å². The number of rotatable bonds is 0. The summed E-state index contributed by atoms with van der Waals surface area (Å²) in [5.41, 5.74) is 2.69. The van der Waals surface area contributed by atoms with E-state index in [0.717, 1.165) is 35.1 Å². The predicted octanol–water partition coefficient (Wildman–Crippen LogP) is 1.57. The van der Waals surface area contributed by atoms with Gasteiger partial charge in [0, 0.05) is 11.1 Å². The lowest BCUT2D eigenvalue weighted by Crippen LogP contribution is -2.36. The highest BCUT2D eigenvalue weighted by Gasteiger charge is 2.27. The first-order chi connectivity index (χ1) is 6.72. The fourth-order valence-corrected chi connectivity index (χ4v) is 2.12. The van der Waals surface area contributed by atoms with Crippen molar-refractivity contribution in [1.82, 2.24) is 0 Å². The van der Waals surface area contributed by atoms with Gasteiger partial charge in [-0.15, -0.1) is 0 Å². The Morgan fingerprint density at radius 1 is 1.64 bits per heavy atom. The van der Waals surface area contributed by atoms with Crippen LogP contribution in [0, 0.1) is 23.5 Å². The van der Waals surface area contributed by atoms with E-state index in [1.54, 1.807) is 6.20 Å². The molecule has 0 aromatic carbocycles. The third-order valence-electron chi connectivity index (χ3n) is 2.71. The van der Waals surface area contributed by atoms with Gasteiger partial charge in [-0.05, 0) is 32.3 Å². The van der Waals surface area contributed by atoms with Crippen LogP contribution in [0.4, 0.5) is 0 Å². The maximum Gasteiger partial charge on any atom is 0.213 e. The summed E-state index contributed by atoms with van der Waals surface area (Å²) in [6, 6.07) is 4.22. The van der Waals surface area contributed by atoms with Crippen molar-refractivity contribution in [3.05, 3.63) is 34.3 Å². The molecule has 0 saturated heterocycles. The van der Waals surface area contributed by atoms with Gasteiger partial charge in [0.15, 0.2) is 6.20 Å². The summed E-state index contributed by atoms with van der Waals surface area (Å²) in [5, 5.41) is 20.5. The number of aryl methyl sites for hydroxylation is 2. The Balaban J connectivity index is 2.58. The standard InChI is InChI=1S/C11H12N2O/c1-8-5-9-3-2-4-10(6-12)11(9)13(14)7-8/h5,7,10H,2-4H2,1H3. The molecule has 0 saturated carbocycles. The smallest absolute Gasteiger partial charge is 0.213 e. The van der Waals surface area contributed by atoms with E-state index in [1.807, 2.05) is 13.0 Å².